The van der Waals surface area contributed by atoms with Gasteiger partial charge in [-0.3, -0.25) is 0 Å². The smallest absolute Gasteiger partial charge is 0.0704 e. The molecule has 0 spiro atoms. The second-order valence-electron chi connectivity index (χ2n) is 3.76. The molecule has 0 aliphatic rings. The van der Waals surface area contributed by atoms with Gasteiger partial charge in [0.25, 0.3) is 0 Å². The first-order valence-electron chi connectivity index (χ1n) is 4.73. The molecule has 3 N–H and O–H groups in total. The standard InChI is InChI=1S/C11H18N2O/c1-8(14)11(12)9-5-4-6-10(7-9)13(2)3/h4-8,11,14H,12H2,1-3H3/t8-,11-/m0/s1. The van der Waals surface area contributed by atoms with Gasteiger partial charge in [0.2, 0.25) is 0 Å². The number of hydrogen-bond acceptors (Lipinski definition) is 3. The molecule has 0 aliphatic heterocycles. The number of nitrogens with two attached hydrogens (primary N) is 1. The monoisotopic (exact) mass is 194 g/mol. The van der Waals surface area contributed by atoms with Crippen LogP contribution < -0.4 is 10.6 Å². The molecule has 0 heterocycles. The van der Waals surface area contributed by atoms with Gasteiger partial charge in [-0.2, -0.15) is 0 Å². The first kappa shape index (κ1) is 11.0. The highest BCUT2D eigenvalue weighted by Crippen LogP contribution is 2.19. The van der Waals surface area contributed by atoms with Gasteiger partial charge in [0, 0.05) is 19.8 Å². The van der Waals surface area contributed by atoms with Gasteiger partial charge in [0.05, 0.1) is 12.1 Å². The third kappa shape index (κ3) is 2.47. The van der Waals surface area contributed by atoms with Crippen molar-refractivity contribution in [3.05, 3.63) is 29.8 Å². The van der Waals surface area contributed by atoms with Crippen molar-refractivity contribution in [2.24, 2.45) is 5.73 Å². The minimum absolute atomic E-state index is 0.310. The number of aliphatic hydroxyl groups is 1. The van der Waals surface area contributed by atoms with Crippen molar-refractivity contribution in [2.75, 3.05) is 19.0 Å². The summed E-state index contributed by atoms with van der Waals surface area (Å²) in [5.74, 6) is 0. The molecule has 0 bridgehead atoms. The zero-order valence-corrected chi connectivity index (χ0v) is 8.94. The molecule has 0 saturated heterocycles. The summed E-state index contributed by atoms with van der Waals surface area (Å²) in [5.41, 5.74) is 7.90. The molecule has 3 nitrogen and oxygen atoms in total. The lowest BCUT2D eigenvalue weighted by atomic mass is 10.0. The van der Waals surface area contributed by atoms with Crippen molar-refractivity contribution in [2.45, 2.75) is 19.1 Å². The maximum Gasteiger partial charge on any atom is 0.0704 e. The molecule has 0 saturated carbocycles. The predicted octanol–water partition coefficient (Wildman–Crippen LogP) is 1.13. The molecule has 2 atom stereocenters. The molecular formula is C11H18N2O. The lowest BCUT2D eigenvalue weighted by Crippen LogP contribution is -2.23. The molecule has 0 aliphatic carbocycles. The average Bonchev–Trinajstić information content (AvgIpc) is 2.16. The van der Waals surface area contributed by atoms with E-state index in [2.05, 4.69) is 0 Å². The van der Waals surface area contributed by atoms with Gasteiger partial charge in [-0.05, 0) is 24.6 Å². The molecule has 78 valence electrons. The molecule has 1 aromatic rings. The average molecular weight is 194 g/mol. The fraction of sp³-hybridized carbons (Fsp3) is 0.455. The van der Waals surface area contributed by atoms with Crippen molar-refractivity contribution in [1.82, 2.24) is 0 Å². The van der Waals surface area contributed by atoms with Gasteiger partial charge < -0.3 is 15.7 Å². The first-order valence-corrected chi connectivity index (χ1v) is 4.73. The Morgan fingerprint density at radius 1 is 1.36 bits per heavy atom. The number of hydrogen-bond donors (Lipinski definition) is 2. The Labute approximate surface area is 85.2 Å². The molecule has 0 aromatic heterocycles. The highest BCUT2D eigenvalue weighted by Gasteiger charge is 2.12. The summed E-state index contributed by atoms with van der Waals surface area (Å²) >= 11 is 0. The van der Waals surface area contributed by atoms with Crippen LogP contribution in [0.2, 0.25) is 0 Å². The van der Waals surface area contributed by atoms with Gasteiger partial charge in [-0.25, -0.2) is 0 Å². The minimum atomic E-state index is -0.521. The summed E-state index contributed by atoms with van der Waals surface area (Å²) in [5, 5.41) is 9.37. The highest BCUT2D eigenvalue weighted by atomic mass is 16.3. The predicted molar refractivity (Wildman–Crippen MR) is 59.4 cm³/mol. The van der Waals surface area contributed by atoms with E-state index in [0.29, 0.717) is 0 Å². The van der Waals surface area contributed by atoms with E-state index in [-0.39, 0.29) is 6.04 Å². The van der Waals surface area contributed by atoms with Crippen LogP contribution in [0.4, 0.5) is 5.69 Å². The zero-order chi connectivity index (χ0) is 10.7. The number of rotatable bonds is 3. The maximum absolute atomic E-state index is 9.37. The number of anilines is 1. The highest BCUT2D eigenvalue weighted by molar-refractivity contribution is 5.47. The van der Waals surface area contributed by atoms with E-state index in [1.807, 2.05) is 43.3 Å². The Bertz CT molecular complexity index is 297. The lowest BCUT2D eigenvalue weighted by molar-refractivity contribution is 0.164. The van der Waals surface area contributed by atoms with Gasteiger partial charge in [0.1, 0.15) is 0 Å². The molecule has 1 rings (SSSR count). The van der Waals surface area contributed by atoms with Crippen LogP contribution in [-0.2, 0) is 0 Å². The molecule has 0 radical (unpaired) electrons. The van der Waals surface area contributed by atoms with Gasteiger partial charge >= 0.3 is 0 Å². The van der Waals surface area contributed by atoms with Crippen molar-refractivity contribution in [3.8, 4) is 0 Å². The van der Waals surface area contributed by atoms with E-state index in [1.165, 1.54) is 0 Å². The van der Waals surface area contributed by atoms with E-state index >= 15 is 0 Å². The molecule has 0 amide bonds. The summed E-state index contributed by atoms with van der Waals surface area (Å²) in [7, 11) is 3.96. The van der Waals surface area contributed by atoms with E-state index in [0.717, 1.165) is 11.3 Å². The molecular weight excluding hydrogens is 176 g/mol. The van der Waals surface area contributed by atoms with Crippen LogP contribution in [0.3, 0.4) is 0 Å². The van der Waals surface area contributed by atoms with Crippen LogP contribution in [0.25, 0.3) is 0 Å². The zero-order valence-electron chi connectivity index (χ0n) is 8.94. The summed E-state index contributed by atoms with van der Waals surface area (Å²) in [6.07, 6.45) is -0.521. The van der Waals surface area contributed by atoms with Crippen LogP contribution in [0, 0.1) is 0 Å². The second-order valence-corrected chi connectivity index (χ2v) is 3.76. The van der Waals surface area contributed by atoms with E-state index in [4.69, 9.17) is 5.73 Å². The third-order valence-electron chi connectivity index (χ3n) is 2.29. The first-order chi connectivity index (χ1) is 6.52. The maximum atomic E-state index is 9.37. The van der Waals surface area contributed by atoms with Crippen molar-refractivity contribution < 1.29 is 5.11 Å². The fourth-order valence-corrected chi connectivity index (χ4v) is 1.29. The Morgan fingerprint density at radius 3 is 2.50 bits per heavy atom. The molecule has 0 fully saturated rings. The molecule has 3 heteroatoms. The Hall–Kier alpha value is -1.06. The van der Waals surface area contributed by atoms with Crippen molar-refractivity contribution in [1.29, 1.82) is 0 Å². The Kier molecular flexibility index (Phi) is 3.49. The largest absolute Gasteiger partial charge is 0.391 e. The van der Waals surface area contributed by atoms with Crippen LogP contribution in [0.5, 0.6) is 0 Å². The summed E-state index contributed by atoms with van der Waals surface area (Å²) in [6.45, 7) is 1.70. The van der Waals surface area contributed by atoms with E-state index < -0.39 is 6.10 Å². The quantitative estimate of drug-likeness (QED) is 0.758. The van der Waals surface area contributed by atoms with Crippen LogP contribution in [0.1, 0.15) is 18.5 Å². The topological polar surface area (TPSA) is 49.5 Å². The van der Waals surface area contributed by atoms with Crippen LogP contribution >= 0.6 is 0 Å². The molecule has 1 aromatic carbocycles. The number of aliphatic hydroxyl groups excluding tert-OH is 1. The summed E-state index contributed by atoms with van der Waals surface area (Å²) in [4.78, 5) is 2.01. The van der Waals surface area contributed by atoms with E-state index in [1.54, 1.807) is 6.92 Å². The Balaban J connectivity index is 2.93. The summed E-state index contributed by atoms with van der Waals surface area (Å²) in [6, 6.07) is 7.59. The third-order valence-corrected chi connectivity index (χ3v) is 2.29. The fourth-order valence-electron chi connectivity index (χ4n) is 1.29. The second kappa shape index (κ2) is 4.44. The summed E-state index contributed by atoms with van der Waals surface area (Å²) < 4.78 is 0. The Morgan fingerprint density at radius 2 is 2.00 bits per heavy atom. The SMILES string of the molecule is C[C@H](O)[C@H](N)c1cccc(N(C)C)c1. The number of nitrogens with zero attached hydrogens (tertiary/aromatic N) is 1. The number of benzene rings is 1. The van der Waals surface area contributed by atoms with Crippen LogP contribution in [0.15, 0.2) is 24.3 Å². The van der Waals surface area contributed by atoms with Crippen molar-refractivity contribution >= 4 is 5.69 Å². The van der Waals surface area contributed by atoms with Gasteiger partial charge in [-0.15, -0.1) is 0 Å². The normalized spacial score (nSPS) is 14.9. The van der Waals surface area contributed by atoms with Gasteiger partial charge in [-0.1, -0.05) is 12.1 Å². The lowest BCUT2D eigenvalue weighted by Gasteiger charge is -2.18. The van der Waals surface area contributed by atoms with Gasteiger partial charge in [0.15, 0.2) is 0 Å². The van der Waals surface area contributed by atoms with Crippen LogP contribution in [-0.4, -0.2) is 25.3 Å². The minimum Gasteiger partial charge on any atom is -0.391 e. The molecule has 14 heavy (non-hydrogen) atoms. The van der Waals surface area contributed by atoms with E-state index in [9.17, 15) is 5.11 Å². The van der Waals surface area contributed by atoms with Crippen molar-refractivity contribution in [3.63, 3.8) is 0 Å². The molecule has 0 unspecified atom stereocenters.